The number of carbonyl (C=O) groups excluding carboxylic acids is 2. The van der Waals surface area contributed by atoms with Gasteiger partial charge in [-0.1, -0.05) is 6.92 Å². The van der Waals surface area contributed by atoms with E-state index in [0.717, 1.165) is 28.8 Å². The number of amides is 2. The molecular weight excluding hydrogens is 388 g/mol. The molecule has 0 atom stereocenters. The third-order valence-corrected chi connectivity index (χ3v) is 5.10. The highest BCUT2D eigenvalue weighted by molar-refractivity contribution is 7.13. The molecule has 3 rings (SSSR count). The lowest BCUT2D eigenvalue weighted by Crippen LogP contribution is -2.32. The molecule has 0 saturated heterocycles. The van der Waals surface area contributed by atoms with Gasteiger partial charge in [0.05, 0.1) is 12.2 Å². The van der Waals surface area contributed by atoms with Crippen molar-refractivity contribution in [1.82, 2.24) is 9.88 Å². The van der Waals surface area contributed by atoms with Crippen LogP contribution < -0.4 is 10.6 Å². The van der Waals surface area contributed by atoms with Gasteiger partial charge in [-0.3, -0.25) is 14.5 Å². The SMILES string of the molecule is CCN(CC(=O)Nc1ccc(NC(C)=O)cc1)Cc1csc(-c2ccc(C)o2)n1. The largest absolute Gasteiger partial charge is 0.459 e. The average Bonchev–Trinajstić information content (AvgIpc) is 3.31. The normalized spacial score (nSPS) is 10.9. The molecule has 2 N–H and O–H groups in total. The quantitative estimate of drug-likeness (QED) is 0.581. The monoisotopic (exact) mass is 412 g/mol. The van der Waals surface area contributed by atoms with Gasteiger partial charge in [0, 0.05) is 30.2 Å². The Morgan fingerprint density at radius 2 is 1.79 bits per heavy atom. The molecule has 0 spiro atoms. The van der Waals surface area contributed by atoms with Gasteiger partial charge in [-0.2, -0.15) is 0 Å². The summed E-state index contributed by atoms with van der Waals surface area (Å²) in [5.74, 6) is 1.39. The summed E-state index contributed by atoms with van der Waals surface area (Å²) in [6.45, 7) is 6.94. The highest BCUT2D eigenvalue weighted by atomic mass is 32.1. The minimum Gasteiger partial charge on any atom is -0.459 e. The summed E-state index contributed by atoms with van der Waals surface area (Å²) < 4.78 is 5.62. The van der Waals surface area contributed by atoms with Crippen LogP contribution in [0.3, 0.4) is 0 Å². The summed E-state index contributed by atoms with van der Waals surface area (Å²) >= 11 is 1.53. The number of likely N-dealkylation sites (N-methyl/N-ethyl adjacent to an activating group) is 1. The zero-order chi connectivity index (χ0) is 20.8. The predicted octanol–water partition coefficient (Wildman–Crippen LogP) is 4.13. The molecule has 1 aromatic carbocycles. The maximum absolute atomic E-state index is 12.4. The molecule has 0 fully saturated rings. The van der Waals surface area contributed by atoms with E-state index in [9.17, 15) is 9.59 Å². The van der Waals surface area contributed by atoms with Crippen LogP contribution in [0, 0.1) is 6.92 Å². The Kier molecular flexibility index (Phi) is 6.79. The number of nitrogens with one attached hydrogen (secondary N) is 2. The van der Waals surface area contributed by atoms with E-state index in [1.165, 1.54) is 18.3 Å². The molecule has 8 heteroatoms. The number of aryl methyl sites for hydroxylation is 1. The summed E-state index contributed by atoms with van der Waals surface area (Å²) in [7, 11) is 0. The van der Waals surface area contributed by atoms with Crippen LogP contribution in [0.2, 0.25) is 0 Å². The van der Waals surface area contributed by atoms with E-state index in [-0.39, 0.29) is 18.4 Å². The summed E-state index contributed by atoms with van der Waals surface area (Å²) in [5.41, 5.74) is 2.29. The number of hydrogen-bond donors (Lipinski definition) is 2. The van der Waals surface area contributed by atoms with Crippen LogP contribution in [0.5, 0.6) is 0 Å². The molecule has 0 bridgehead atoms. The second-order valence-electron chi connectivity index (χ2n) is 6.66. The van der Waals surface area contributed by atoms with Gasteiger partial charge in [0.1, 0.15) is 5.76 Å². The van der Waals surface area contributed by atoms with Crippen molar-refractivity contribution in [1.29, 1.82) is 0 Å². The van der Waals surface area contributed by atoms with Gasteiger partial charge in [0.15, 0.2) is 10.8 Å². The van der Waals surface area contributed by atoms with Crippen molar-refractivity contribution in [2.45, 2.75) is 27.3 Å². The van der Waals surface area contributed by atoms with Crippen LogP contribution in [0.15, 0.2) is 46.2 Å². The van der Waals surface area contributed by atoms with Gasteiger partial charge in [0.25, 0.3) is 0 Å². The molecule has 152 valence electrons. The number of anilines is 2. The number of benzene rings is 1. The van der Waals surface area contributed by atoms with E-state index in [4.69, 9.17) is 4.42 Å². The van der Waals surface area contributed by atoms with E-state index in [1.54, 1.807) is 24.3 Å². The molecular formula is C21H24N4O3S. The molecule has 0 aliphatic heterocycles. The van der Waals surface area contributed by atoms with E-state index in [0.29, 0.717) is 17.9 Å². The zero-order valence-corrected chi connectivity index (χ0v) is 17.5. The highest BCUT2D eigenvalue weighted by Crippen LogP contribution is 2.26. The summed E-state index contributed by atoms with van der Waals surface area (Å²) in [6.07, 6.45) is 0. The van der Waals surface area contributed by atoms with E-state index < -0.39 is 0 Å². The molecule has 2 heterocycles. The van der Waals surface area contributed by atoms with Crippen molar-refractivity contribution in [2.24, 2.45) is 0 Å². The van der Waals surface area contributed by atoms with Crippen LogP contribution in [-0.4, -0.2) is 34.8 Å². The van der Waals surface area contributed by atoms with Crippen molar-refractivity contribution >= 4 is 34.5 Å². The van der Waals surface area contributed by atoms with Crippen LogP contribution in [-0.2, 0) is 16.1 Å². The maximum atomic E-state index is 12.4. The Hall–Kier alpha value is -2.97. The number of furan rings is 1. The summed E-state index contributed by atoms with van der Waals surface area (Å²) in [4.78, 5) is 30.1. The number of thiazole rings is 1. The molecule has 0 aliphatic carbocycles. The van der Waals surface area contributed by atoms with Crippen molar-refractivity contribution < 1.29 is 14.0 Å². The molecule has 3 aromatic rings. The lowest BCUT2D eigenvalue weighted by molar-refractivity contribution is -0.117. The third kappa shape index (κ3) is 6.00. The van der Waals surface area contributed by atoms with Crippen molar-refractivity contribution in [2.75, 3.05) is 23.7 Å². The van der Waals surface area contributed by atoms with Gasteiger partial charge >= 0.3 is 0 Å². The van der Waals surface area contributed by atoms with Crippen LogP contribution in [0.25, 0.3) is 10.8 Å². The first kappa shape index (κ1) is 20.8. The molecule has 2 amide bonds. The Morgan fingerprint density at radius 1 is 1.10 bits per heavy atom. The second-order valence-corrected chi connectivity index (χ2v) is 7.52. The standard InChI is InChI=1S/C21H24N4O3S/c1-4-25(11-18-13-29-21(24-18)19-10-5-14(2)28-19)12-20(27)23-17-8-6-16(7-9-17)22-15(3)26/h5-10,13H,4,11-12H2,1-3H3,(H,22,26)(H,23,27). The molecule has 0 radical (unpaired) electrons. The highest BCUT2D eigenvalue weighted by Gasteiger charge is 2.14. The third-order valence-electron chi connectivity index (χ3n) is 4.19. The molecule has 0 saturated carbocycles. The topological polar surface area (TPSA) is 87.5 Å². The fraction of sp³-hybridized carbons (Fsp3) is 0.286. The Bertz CT molecular complexity index is 978. The minimum absolute atomic E-state index is 0.101. The molecule has 0 unspecified atom stereocenters. The van der Waals surface area contributed by atoms with Gasteiger partial charge < -0.3 is 15.1 Å². The molecule has 2 aromatic heterocycles. The van der Waals surface area contributed by atoms with Gasteiger partial charge in [-0.05, 0) is 49.9 Å². The van der Waals surface area contributed by atoms with Crippen LogP contribution in [0.1, 0.15) is 25.3 Å². The van der Waals surface area contributed by atoms with Gasteiger partial charge in [-0.25, -0.2) is 4.98 Å². The van der Waals surface area contributed by atoms with Gasteiger partial charge in [0.2, 0.25) is 11.8 Å². The van der Waals surface area contributed by atoms with Crippen LogP contribution in [0.4, 0.5) is 11.4 Å². The Labute approximate surface area is 173 Å². The maximum Gasteiger partial charge on any atom is 0.238 e. The van der Waals surface area contributed by atoms with Crippen molar-refractivity contribution in [3.63, 3.8) is 0 Å². The Balaban J connectivity index is 1.54. The lowest BCUT2D eigenvalue weighted by atomic mass is 10.2. The summed E-state index contributed by atoms with van der Waals surface area (Å²) in [5, 5.41) is 8.41. The fourth-order valence-corrected chi connectivity index (χ4v) is 3.57. The van der Waals surface area contributed by atoms with Gasteiger partial charge in [-0.15, -0.1) is 11.3 Å². The predicted molar refractivity (Wildman–Crippen MR) is 115 cm³/mol. The number of carbonyl (C=O) groups is 2. The fourth-order valence-electron chi connectivity index (χ4n) is 2.79. The number of rotatable bonds is 8. The number of hydrogen-bond acceptors (Lipinski definition) is 6. The first-order valence-electron chi connectivity index (χ1n) is 9.34. The zero-order valence-electron chi connectivity index (χ0n) is 16.7. The van der Waals surface area contributed by atoms with E-state index in [2.05, 4.69) is 15.6 Å². The van der Waals surface area contributed by atoms with E-state index in [1.807, 2.05) is 36.3 Å². The first-order chi connectivity index (χ1) is 13.9. The smallest absolute Gasteiger partial charge is 0.238 e. The van der Waals surface area contributed by atoms with E-state index >= 15 is 0 Å². The average molecular weight is 413 g/mol. The Morgan fingerprint density at radius 3 is 2.38 bits per heavy atom. The minimum atomic E-state index is -0.132. The molecule has 7 nitrogen and oxygen atoms in total. The second kappa shape index (κ2) is 9.49. The molecule has 29 heavy (non-hydrogen) atoms. The first-order valence-corrected chi connectivity index (χ1v) is 10.2. The van der Waals surface area contributed by atoms with Crippen molar-refractivity contribution in [3.05, 3.63) is 53.2 Å². The summed E-state index contributed by atoms with van der Waals surface area (Å²) in [6, 6.07) is 10.9. The lowest BCUT2D eigenvalue weighted by Gasteiger charge is -2.18. The molecule has 0 aliphatic rings. The number of aromatic nitrogens is 1. The number of nitrogens with zero attached hydrogens (tertiary/aromatic N) is 2. The van der Waals surface area contributed by atoms with Crippen LogP contribution >= 0.6 is 11.3 Å². The van der Waals surface area contributed by atoms with Crippen molar-refractivity contribution in [3.8, 4) is 10.8 Å².